The summed E-state index contributed by atoms with van der Waals surface area (Å²) in [6.07, 6.45) is -0.170. The van der Waals surface area contributed by atoms with Crippen LogP contribution in [0.1, 0.15) is 34.1 Å². The molecule has 2 N–H and O–H groups in total. The molecule has 19 heavy (non-hydrogen) atoms. The van der Waals surface area contributed by atoms with Crippen molar-refractivity contribution in [2.24, 2.45) is 0 Å². The average Bonchev–Trinajstić information content (AvgIpc) is 2.24. The molecule has 1 atom stereocenters. The SMILES string of the molecule is CCOC(=O)CN(C(=O)NC(C)CC(=O)O)C(C)C. The van der Waals surface area contributed by atoms with Crippen molar-refractivity contribution < 1.29 is 24.2 Å². The van der Waals surface area contributed by atoms with Gasteiger partial charge < -0.3 is 20.1 Å². The summed E-state index contributed by atoms with van der Waals surface area (Å²) < 4.78 is 4.79. The Morgan fingerprint density at radius 2 is 1.84 bits per heavy atom. The van der Waals surface area contributed by atoms with E-state index in [1.807, 2.05) is 0 Å². The number of carbonyl (C=O) groups is 3. The Hall–Kier alpha value is -1.79. The fraction of sp³-hybridized carbons (Fsp3) is 0.750. The normalized spacial score (nSPS) is 11.8. The highest BCUT2D eigenvalue weighted by molar-refractivity contribution is 5.81. The highest BCUT2D eigenvalue weighted by atomic mass is 16.5. The maximum Gasteiger partial charge on any atom is 0.325 e. The molecule has 110 valence electrons. The number of nitrogens with one attached hydrogen (secondary N) is 1. The minimum atomic E-state index is -0.991. The van der Waals surface area contributed by atoms with Crippen LogP contribution in [0.15, 0.2) is 0 Å². The van der Waals surface area contributed by atoms with Crippen LogP contribution < -0.4 is 5.32 Å². The van der Waals surface area contributed by atoms with Crippen LogP contribution in [-0.2, 0) is 14.3 Å². The van der Waals surface area contributed by atoms with Gasteiger partial charge in [0.25, 0.3) is 0 Å². The summed E-state index contributed by atoms with van der Waals surface area (Å²) in [5.74, 6) is -1.48. The fourth-order valence-electron chi connectivity index (χ4n) is 1.44. The Bertz CT molecular complexity index is 330. The Labute approximate surface area is 112 Å². The van der Waals surface area contributed by atoms with Crippen molar-refractivity contribution in [3.63, 3.8) is 0 Å². The molecule has 0 bridgehead atoms. The molecule has 0 radical (unpaired) electrons. The monoisotopic (exact) mass is 274 g/mol. The Morgan fingerprint density at radius 3 is 2.26 bits per heavy atom. The average molecular weight is 274 g/mol. The van der Waals surface area contributed by atoms with Crippen molar-refractivity contribution in [2.45, 2.75) is 46.2 Å². The third kappa shape index (κ3) is 7.28. The molecule has 0 aromatic heterocycles. The lowest BCUT2D eigenvalue weighted by Gasteiger charge is -2.27. The molecular weight excluding hydrogens is 252 g/mol. The van der Waals surface area contributed by atoms with E-state index in [1.165, 1.54) is 4.90 Å². The summed E-state index contributed by atoms with van der Waals surface area (Å²) >= 11 is 0. The molecule has 0 fully saturated rings. The quantitative estimate of drug-likeness (QED) is 0.670. The van der Waals surface area contributed by atoms with E-state index in [1.54, 1.807) is 27.7 Å². The third-order valence-corrected chi connectivity index (χ3v) is 2.34. The van der Waals surface area contributed by atoms with Crippen LogP contribution in [0.2, 0.25) is 0 Å². The third-order valence-electron chi connectivity index (χ3n) is 2.34. The van der Waals surface area contributed by atoms with E-state index in [0.29, 0.717) is 0 Å². The maximum atomic E-state index is 11.9. The van der Waals surface area contributed by atoms with Crippen molar-refractivity contribution in [1.29, 1.82) is 0 Å². The van der Waals surface area contributed by atoms with E-state index in [9.17, 15) is 14.4 Å². The van der Waals surface area contributed by atoms with Gasteiger partial charge in [-0.1, -0.05) is 0 Å². The molecule has 0 heterocycles. The molecule has 1 unspecified atom stereocenters. The van der Waals surface area contributed by atoms with E-state index in [-0.39, 0.29) is 25.6 Å². The van der Waals surface area contributed by atoms with Crippen molar-refractivity contribution >= 4 is 18.0 Å². The number of carboxylic acid groups (broad SMARTS) is 1. The number of rotatable bonds is 7. The second kappa shape index (κ2) is 8.34. The van der Waals surface area contributed by atoms with Crippen LogP contribution >= 0.6 is 0 Å². The summed E-state index contributed by atoms with van der Waals surface area (Å²) in [6.45, 7) is 6.90. The fourth-order valence-corrected chi connectivity index (χ4v) is 1.44. The van der Waals surface area contributed by atoms with Gasteiger partial charge in [-0.2, -0.15) is 0 Å². The van der Waals surface area contributed by atoms with Gasteiger partial charge in [-0.05, 0) is 27.7 Å². The number of nitrogens with zero attached hydrogens (tertiary/aromatic N) is 1. The second-order valence-corrected chi connectivity index (χ2v) is 4.48. The number of esters is 1. The lowest BCUT2D eigenvalue weighted by molar-refractivity contribution is -0.144. The van der Waals surface area contributed by atoms with E-state index in [2.05, 4.69) is 5.32 Å². The first-order valence-electron chi connectivity index (χ1n) is 6.22. The Balaban J connectivity index is 4.49. The summed E-state index contributed by atoms with van der Waals surface area (Å²) in [6, 6.07) is -1.17. The summed E-state index contributed by atoms with van der Waals surface area (Å²) in [5.41, 5.74) is 0. The van der Waals surface area contributed by atoms with Gasteiger partial charge in [0.15, 0.2) is 0 Å². The van der Waals surface area contributed by atoms with Gasteiger partial charge >= 0.3 is 18.0 Å². The van der Waals surface area contributed by atoms with E-state index < -0.39 is 24.0 Å². The first-order chi connectivity index (χ1) is 8.77. The molecule has 0 aliphatic carbocycles. The van der Waals surface area contributed by atoms with Crippen LogP contribution in [0, 0.1) is 0 Å². The van der Waals surface area contributed by atoms with Gasteiger partial charge in [-0.3, -0.25) is 9.59 Å². The standard InChI is InChI=1S/C12H22N2O5/c1-5-19-11(17)7-14(8(2)3)12(18)13-9(4)6-10(15)16/h8-9H,5-7H2,1-4H3,(H,13,18)(H,15,16). The number of amides is 2. The van der Waals surface area contributed by atoms with Crippen molar-refractivity contribution in [3.05, 3.63) is 0 Å². The predicted octanol–water partition coefficient (Wildman–Crippen LogP) is 0.833. The number of aliphatic carboxylic acids is 1. The van der Waals surface area contributed by atoms with Crippen LogP contribution in [0.5, 0.6) is 0 Å². The van der Waals surface area contributed by atoms with Gasteiger partial charge in [-0.15, -0.1) is 0 Å². The lowest BCUT2D eigenvalue weighted by atomic mass is 10.2. The highest BCUT2D eigenvalue weighted by Crippen LogP contribution is 2.01. The summed E-state index contributed by atoms with van der Waals surface area (Å²) in [7, 11) is 0. The number of urea groups is 1. The molecule has 0 aromatic carbocycles. The van der Waals surface area contributed by atoms with Crippen LogP contribution in [0.25, 0.3) is 0 Å². The molecule has 2 amide bonds. The second-order valence-electron chi connectivity index (χ2n) is 4.48. The smallest absolute Gasteiger partial charge is 0.325 e. The van der Waals surface area contributed by atoms with Gasteiger partial charge in [0.2, 0.25) is 0 Å². The van der Waals surface area contributed by atoms with Gasteiger partial charge in [-0.25, -0.2) is 4.79 Å². The zero-order valence-corrected chi connectivity index (χ0v) is 11.8. The van der Waals surface area contributed by atoms with Gasteiger partial charge in [0, 0.05) is 12.1 Å². The number of ether oxygens (including phenoxy) is 1. The van der Waals surface area contributed by atoms with Crippen LogP contribution in [0.4, 0.5) is 4.79 Å². The topological polar surface area (TPSA) is 95.9 Å². The molecule has 7 heteroatoms. The van der Waals surface area contributed by atoms with Crippen LogP contribution in [0.3, 0.4) is 0 Å². The van der Waals surface area contributed by atoms with Crippen molar-refractivity contribution in [3.8, 4) is 0 Å². The first kappa shape index (κ1) is 17.2. The summed E-state index contributed by atoms with van der Waals surface area (Å²) in [4.78, 5) is 35.1. The number of carboxylic acids is 1. The van der Waals surface area contributed by atoms with Crippen molar-refractivity contribution in [2.75, 3.05) is 13.2 Å². The highest BCUT2D eigenvalue weighted by Gasteiger charge is 2.22. The van der Waals surface area contributed by atoms with E-state index in [0.717, 1.165) is 0 Å². The molecule has 0 rings (SSSR count). The van der Waals surface area contributed by atoms with Gasteiger partial charge in [0.1, 0.15) is 6.54 Å². The van der Waals surface area contributed by atoms with E-state index in [4.69, 9.17) is 9.84 Å². The van der Waals surface area contributed by atoms with E-state index >= 15 is 0 Å². The molecule has 0 saturated heterocycles. The Morgan fingerprint density at radius 1 is 1.26 bits per heavy atom. The molecular formula is C12H22N2O5. The molecule has 0 aliphatic rings. The Kier molecular flexibility index (Phi) is 7.55. The zero-order chi connectivity index (χ0) is 15.0. The maximum absolute atomic E-state index is 11.9. The summed E-state index contributed by atoms with van der Waals surface area (Å²) in [5, 5.41) is 11.2. The lowest BCUT2D eigenvalue weighted by Crippen LogP contribution is -2.49. The first-order valence-corrected chi connectivity index (χ1v) is 6.22. The zero-order valence-electron chi connectivity index (χ0n) is 11.8. The number of carbonyl (C=O) groups excluding carboxylic acids is 2. The number of hydrogen-bond acceptors (Lipinski definition) is 4. The van der Waals surface area contributed by atoms with Crippen molar-refractivity contribution in [1.82, 2.24) is 10.2 Å². The predicted molar refractivity (Wildman–Crippen MR) is 68.7 cm³/mol. The number of hydrogen-bond donors (Lipinski definition) is 2. The van der Waals surface area contributed by atoms with Gasteiger partial charge in [0.05, 0.1) is 13.0 Å². The minimum absolute atomic E-state index is 0.156. The molecule has 7 nitrogen and oxygen atoms in total. The largest absolute Gasteiger partial charge is 0.481 e. The van der Waals surface area contributed by atoms with Crippen LogP contribution in [-0.4, -0.2) is 53.2 Å². The molecule has 0 spiro atoms. The minimum Gasteiger partial charge on any atom is -0.481 e. The molecule has 0 aliphatic heterocycles. The molecule has 0 saturated carbocycles. The molecule has 0 aromatic rings.